The molecule has 76 valence electrons. The summed E-state index contributed by atoms with van der Waals surface area (Å²) in [5.74, 6) is 5.97. The minimum absolute atomic E-state index is 0.542. The highest BCUT2D eigenvalue weighted by atomic mass is 35.5. The summed E-state index contributed by atoms with van der Waals surface area (Å²) in [6.45, 7) is 0.860. The lowest BCUT2D eigenvalue weighted by Gasteiger charge is -1.94. The fourth-order valence-electron chi connectivity index (χ4n) is 1.08. The molecule has 15 heavy (non-hydrogen) atoms. The minimum atomic E-state index is 0.542. The van der Waals surface area contributed by atoms with E-state index in [0.717, 1.165) is 18.5 Å². The summed E-state index contributed by atoms with van der Waals surface area (Å²) < 4.78 is 0. The van der Waals surface area contributed by atoms with Crippen molar-refractivity contribution in [2.45, 2.75) is 6.42 Å². The topological polar surface area (TPSA) is 35.8 Å². The van der Waals surface area contributed by atoms with Crippen molar-refractivity contribution in [1.29, 1.82) is 5.26 Å². The fraction of sp³-hybridized carbons (Fsp3) is 0.250. The summed E-state index contributed by atoms with van der Waals surface area (Å²) in [6.07, 6.45) is 0.783. The van der Waals surface area contributed by atoms with E-state index in [0.29, 0.717) is 10.6 Å². The van der Waals surface area contributed by atoms with Gasteiger partial charge < -0.3 is 5.32 Å². The van der Waals surface area contributed by atoms with Crippen LogP contribution in [-0.4, -0.2) is 13.6 Å². The third-order valence-electron chi connectivity index (χ3n) is 1.76. The Bertz CT molecular complexity index is 435. The molecule has 0 bridgehead atoms. The lowest BCUT2D eigenvalue weighted by Crippen LogP contribution is -2.05. The molecule has 0 unspecified atom stereocenters. The van der Waals surface area contributed by atoms with Gasteiger partial charge in [0.1, 0.15) is 0 Å². The Morgan fingerprint density at radius 1 is 1.33 bits per heavy atom. The van der Waals surface area contributed by atoms with Crippen LogP contribution in [0.3, 0.4) is 0 Å². The molecule has 0 atom stereocenters. The van der Waals surface area contributed by atoms with E-state index in [4.69, 9.17) is 16.9 Å². The maximum absolute atomic E-state index is 8.73. The molecule has 1 N–H and O–H groups in total. The van der Waals surface area contributed by atoms with Crippen LogP contribution in [0.2, 0.25) is 5.02 Å². The molecule has 1 aromatic carbocycles. The molecule has 3 heteroatoms. The van der Waals surface area contributed by atoms with Crippen molar-refractivity contribution in [3.8, 4) is 17.9 Å². The van der Waals surface area contributed by atoms with Crippen LogP contribution >= 0.6 is 11.6 Å². The molecule has 0 radical (unpaired) electrons. The van der Waals surface area contributed by atoms with Gasteiger partial charge in [-0.2, -0.15) is 5.26 Å². The predicted molar refractivity (Wildman–Crippen MR) is 61.6 cm³/mol. The summed E-state index contributed by atoms with van der Waals surface area (Å²) in [6, 6.07) is 7.16. The lowest BCUT2D eigenvalue weighted by molar-refractivity contribution is 0.818. The van der Waals surface area contributed by atoms with Crippen molar-refractivity contribution in [1.82, 2.24) is 5.32 Å². The van der Waals surface area contributed by atoms with E-state index in [1.54, 1.807) is 18.2 Å². The number of hydrogen-bond acceptors (Lipinski definition) is 2. The van der Waals surface area contributed by atoms with Crippen LogP contribution in [0.25, 0.3) is 0 Å². The molecule has 1 aromatic rings. The number of rotatable bonds is 2. The first-order valence-corrected chi connectivity index (χ1v) is 4.98. The Hall–Kier alpha value is -1.48. The zero-order chi connectivity index (χ0) is 11.1. The SMILES string of the molecule is CNCCC#Cc1cc(Cl)cc(C#N)c1. The molecule has 0 saturated heterocycles. The highest BCUT2D eigenvalue weighted by molar-refractivity contribution is 6.30. The first-order valence-electron chi connectivity index (χ1n) is 4.60. The van der Waals surface area contributed by atoms with E-state index in [1.165, 1.54) is 0 Å². The van der Waals surface area contributed by atoms with Crippen LogP contribution in [0.15, 0.2) is 18.2 Å². The van der Waals surface area contributed by atoms with Crippen LogP contribution in [0, 0.1) is 23.2 Å². The van der Waals surface area contributed by atoms with Gasteiger partial charge in [-0.1, -0.05) is 23.4 Å². The van der Waals surface area contributed by atoms with Gasteiger partial charge in [-0.05, 0) is 25.2 Å². The summed E-state index contributed by atoms with van der Waals surface area (Å²) in [7, 11) is 1.88. The summed E-state index contributed by atoms with van der Waals surface area (Å²) in [5.41, 5.74) is 1.33. The van der Waals surface area contributed by atoms with E-state index in [9.17, 15) is 0 Å². The van der Waals surface area contributed by atoms with Crippen LogP contribution < -0.4 is 5.32 Å². The summed E-state index contributed by atoms with van der Waals surface area (Å²) >= 11 is 5.84. The average Bonchev–Trinajstić information content (AvgIpc) is 2.23. The number of benzene rings is 1. The van der Waals surface area contributed by atoms with Gasteiger partial charge in [0.05, 0.1) is 11.6 Å². The Labute approximate surface area is 94.9 Å². The molecule has 0 aliphatic rings. The highest BCUT2D eigenvalue weighted by Crippen LogP contribution is 2.13. The van der Waals surface area contributed by atoms with Gasteiger partial charge in [0.2, 0.25) is 0 Å². The number of nitriles is 1. The molecule has 0 heterocycles. The van der Waals surface area contributed by atoms with Crippen molar-refractivity contribution in [2.75, 3.05) is 13.6 Å². The second-order valence-electron chi connectivity index (χ2n) is 3.00. The summed E-state index contributed by atoms with van der Waals surface area (Å²) in [4.78, 5) is 0. The Balaban J connectivity index is 2.80. The number of nitrogens with zero attached hydrogens (tertiary/aromatic N) is 1. The van der Waals surface area contributed by atoms with E-state index < -0.39 is 0 Å². The predicted octanol–water partition coefficient (Wildman–Crippen LogP) is 2.17. The van der Waals surface area contributed by atoms with Crippen LogP contribution in [0.4, 0.5) is 0 Å². The standard InChI is InChI=1S/C12H11ClN2/c1-15-5-3-2-4-10-6-11(9-14)8-12(13)7-10/h6-8,15H,3,5H2,1H3. The first-order chi connectivity index (χ1) is 7.26. The monoisotopic (exact) mass is 218 g/mol. The normalized spacial score (nSPS) is 8.87. The third kappa shape index (κ3) is 4.04. The quantitative estimate of drug-likeness (QED) is 0.610. The van der Waals surface area contributed by atoms with E-state index in [2.05, 4.69) is 17.2 Å². The molecule has 0 saturated carbocycles. The van der Waals surface area contributed by atoms with Crippen LogP contribution in [0.1, 0.15) is 17.5 Å². The van der Waals surface area contributed by atoms with Gasteiger partial charge in [0.15, 0.2) is 0 Å². The molecule has 1 rings (SSSR count). The van der Waals surface area contributed by atoms with Crippen molar-refractivity contribution < 1.29 is 0 Å². The van der Waals surface area contributed by atoms with Crippen LogP contribution in [0.5, 0.6) is 0 Å². The minimum Gasteiger partial charge on any atom is -0.319 e. The Morgan fingerprint density at radius 3 is 2.73 bits per heavy atom. The Kier molecular flexibility index (Phi) is 4.71. The Morgan fingerprint density at radius 2 is 2.07 bits per heavy atom. The smallest absolute Gasteiger partial charge is 0.0992 e. The largest absolute Gasteiger partial charge is 0.319 e. The molecule has 2 nitrogen and oxygen atoms in total. The molecule has 0 spiro atoms. The third-order valence-corrected chi connectivity index (χ3v) is 1.98. The second kappa shape index (κ2) is 6.09. The molecular weight excluding hydrogens is 208 g/mol. The highest BCUT2D eigenvalue weighted by Gasteiger charge is 1.95. The van der Waals surface area contributed by atoms with E-state index in [-0.39, 0.29) is 0 Å². The van der Waals surface area contributed by atoms with Gasteiger partial charge in [0.25, 0.3) is 0 Å². The first kappa shape index (κ1) is 11.6. The molecular formula is C12H11ClN2. The summed E-state index contributed by atoms with van der Waals surface area (Å²) in [5, 5.41) is 12.3. The van der Waals surface area contributed by atoms with Gasteiger partial charge in [0, 0.05) is 23.6 Å². The molecule has 0 aliphatic heterocycles. The van der Waals surface area contributed by atoms with Crippen molar-refractivity contribution >= 4 is 11.6 Å². The van der Waals surface area contributed by atoms with Gasteiger partial charge >= 0.3 is 0 Å². The maximum atomic E-state index is 8.73. The van der Waals surface area contributed by atoms with Crippen molar-refractivity contribution in [3.05, 3.63) is 34.3 Å². The number of nitrogens with one attached hydrogen (secondary N) is 1. The molecule has 0 amide bonds. The van der Waals surface area contributed by atoms with Crippen molar-refractivity contribution in [2.24, 2.45) is 0 Å². The average molecular weight is 219 g/mol. The molecule has 0 aliphatic carbocycles. The van der Waals surface area contributed by atoms with E-state index in [1.807, 2.05) is 13.1 Å². The van der Waals surface area contributed by atoms with Gasteiger partial charge in [-0.3, -0.25) is 0 Å². The van der Waals surface area contributed by atoms with E-state index >= 15 is 0 Å². The number of hydrogen-bond donors (Lipinski definition) is 1. The number of halogens is 1. The maximum Gasteiger partial charge on any atom is 0.0992 e. The molecule has 0 aromatic heterocycles. The zero-order valence-electron chi connectivity index (χ0n) is 8.47. The second-order valence-corrected chi connectivity index (χ2v) is 3.43. The van der Waals surface area contributed by atoms with Gasteiger partial charge in [-0.15, -0.1) is 0 Å². The van der Waals surface area contributed by atoms with Gasteiger partial charge in [-0.25, -0.2) is 0 Å². The molecule has 0 fully saturated rings. The lowest BCUT2D eigenvalue weighted by atomic mass is 10.1. The zero-order valence-corrected chi connectivity index (χ0v) is 9.23. The van der Waals surface area contributed by atoms with Crippen LogP contribution in [-0.2, 0) is 0 Å². The fourth-order valence-corrected chi connectivity index (χ4v) is 1.31. The van der Waals surface area contributed by atoms with Crippen molar-refractivity contribution in [3.63, 3.8) is 0 Å².